The van der Waals surface area contributed by atoms with Crippen molar-refractivity contribution in [1.29, 1.82) is 0 Å². The number of nitrogens with zero attached hydrogens (tertiary/aromatic N) is 9. The van der Waals surface area contributed by atoms with E-state index >= 15 is 0 Å². The molecule has 0 saturated carbocycles. The Morgan fingerprint density at radius 2 is 1.79 bits per heavy atom. The predicted molar refractivity (Wildman–Crippen MR) is 140 cm³/mol. The first-order valence-electron chi connectivity index (χ1n) is 12.4. The molecule has 5 aromatic rings. The number of para-hydroxylation sites is 1. The Morgan fingerprint density at radius 1 is 0.947 bits per heavy atom. The molecule has 38 heavy (non-hydrogen) atoms. The van der Waals surface area contributed by atoms with Crippen LogP contribution in [0.2, 0.25) is 0 Å². The number of pyridine rings is 1. The monoisotopic (exact) mass is 509 g/mol. The molecule has 5 rings (SSSR count). The third kappa shape index (κ3) is 5.46. The highest BCUT2D eigenvalue weighted by Crippen LogP contribution is 2.25. The van der Waals surface area contributed by atoms with Gasteiger partial charge in [-0.3, -0.25) is 14.3 Å². The highest BCUT2D eigenvalue weighted by Gasteiger charge is 2.15. The minimum Gasteiger partial charge on any atom is -0.494 e. The molecule has 0 aliphatic rings. The first-order chi connectivity index (χ1) is 18.7. The van der Waals surface area contributed by atoms with E-state index in [9.17, 15) is 4.79 Å². The van der Waals surface area contributed by atoms with E-state index in [-0.39, 0.29) is 5.56 Å². The zero-order chi connectivity index (χ0) is 26.3. The smallest absolute Gasteiger partial charge is 0.257 e. The maximum Gasteiger partial charge on any atom is 0.257 e. The van der Waals surface area contributed by atoms with Gasteiger partial charge in [-0.15, -0.1) is 5.10 Å². The second-order valence-corrected chi connectivity index (χ2v) is 8.69. The van der Waals surface area contributed by atoms with Crippen LogP contribution in [0, 0.1) is 0 Å². The summed E-state index contributed by atoms with van der Waals surface area (Å²) >= 11 is 0. The van der Waals surface area contributed by atoms with E-state index in [2.05, 4.69) is 37.4 Å². The van der Waals surface area contributed by atoms with Crippen LogP contribution in [0.15, 0.2) is 72.2 Å². The lowest BCUT2D eigenvalue weighted by molar-refractivity contribution is 0.410. The van der Waals surface area contributed by atoms with Crippen molar-refractivity contribution in [3.63, 3.8) is 0 Å². The van der Waals surface area contributed by atoms with Crippen molar-refractivity contribution in [2.45, 2.75) is 39.2 Å². The highest BCUT2D eigenvalue weighted by atomic mass is 16.5. The molecule has 0 spiro atoms. The van der Waals surface area contributed by atoms with Crippen LogP contribution in [0.1, 0.15) is 42.7 Å². The van der Waals surface area contributed by atoms with Gasteiger partial charge in [-0.05, 0) is 35.0 Å². The molecule has 0 fully saturated rings. The topological polar surface area (TPSA) is 126 Å². The molecule has 0 unspecified atom stereocenters. The maximum absolute atomic E-state index is 13.6. The Balaban J connectivity index is 1.44. The van der Waals surface area contributed by atoms with Gasteiger partial charge >= 0.3 is 0 Å². The molecule has 0 saturated heterocycles. The van der Waals surface area contributed by atoms with Gasteiger partial charge in [0.25, 0.3) is 5.56 Å². The number of rotatable bonds is 10. The lowest BCUT2D eigenvalue weighted by Gasteiger charge is -2.14. The number of hydrogen-bond donors (Lipinski definition) is 0. The van der Waals surface area contributed by atoms with Crippen molar-refractivity contribution in [1.82, 2.24) is 44.7 Å². The van der Waals surface area contributed by atoms with Gasteiger partial charge in [0.2, 0.25) is 0 Å². The van der Waals surface area contributed by atoms with Gasteiger partial charge in [0.05, 0.1) is 37.3 Å². The van der Waals surface area contributed by atoms with Crippen molar-refractivity contribution >= 4 is 0 Å². The van der Waals surface area contributed by atoms with Crippen LogP contribution in [0.25, 0.3) is 16.9 Å². The van der Waals surface area contributed by atoms with Crippen molar-refractivity contribution in [2.24, 2.45) is 0 Å². The number of aromatic nitrogens is 9. The molecule has 0 N–H and O–H groups in total. The van der Waals surface area contributed by atoms with E-state index in [1.54, 1.807) is 41.3 Å². The molecule has 11 nitrogen and oxygen atoms in total. The molecule has 4 aromatic heterocycles. The molecule has 192 valence electrons. The predicted octanol–water partition coefficient (Wildman–Crippen LogP) is 3.06. The van der Waals surface area contributed by atoms with Crippen LogP contribution in [-0.2, 0) is 19.4 Å². The van der Waals surface area contributed by atoms with Crippen LogP contribution in [0.4, 0.5) is 0 Å². The third-order valence-corrected chi connectivity index (χ3v) is 6.12. The van der Waals surface area contributed by atoms with Gasteiger partial charge in [-0.1, -0.05) is 37.6 Å². The summed E-state index contributed by atoms with van der Waals surface area (Å²) in [5.41, 5.74) is 3.74. The van der Waals surface area contributed by atoms with E-state index in [1.807, 2.05) is 42.5 Å². The van der Waals surface area contributed by atoms with E-state index < -0.39 is 0 Å². The zero-order valence-corrected chi connectivity index (χ0v) is 21.2. The molecule has 0 amide bonds. The maximum atomic E-state index is 13.6. The van der Waals surface area contributed by atoms with E-state index in [1.165, 1.54) is 0 Å². The molecular formula is C27H27N9O2. The van der Waals surface area contributed by atoms with Gasteiger partial charge in [0.1, 0.15) is 18.0 Å². The molecule has 0 aliphatic carbocycles. The summed E-state index contributed by atoms with van der Waals surface area (Å²) < 4.78 is 8.48. The Kier molecular flexibility index (Phi) is 7.53. The lowest BCUT2D eigenvalue weighted by Crippen LogP contribution is -2.29. The average Bonchev–Trinajstić information content (AvgIpc) is 3.50. The highest BCUT2D eigenvalue weighted by molar-refractivity contribution is 5.69. The number of tetrazole rings is 1. The molecular weight excluding hydrogens is 482 g/mol. The molecule has 0 bridgehead atoms. The van der Waals surface area contributed by atoms with Crippen LogP contribution < -0.4 is 10.3 Å². The number of unbranched alkanes of at least 4 members (excludes halogenated alkanes) is 1. The first-order valence-corrected chi connectivity index (χ1v) is 12.4. The average molecular weight is 510 g/mol. The molecule has 0 atom stereocenters. The Morgan fingerprint density at radius 3 is 2.55 bits per heavy atom. The fraction of sp³-hybridized carbons (Fsp3) is 0.259. The van der Waals surface area contributed by atoms with Gasteiger partial charge < -0.3 is 4.74 Å². The Labute approximate surface area is 219 Å². The van der Waals surface area contributed by atoms with E-state index in [0.29, 0.717) is 42.3 Å². The molecule has 1 aromatic carbocycles. The molecule has 4 heterocycles. The van der Waals surface area contributed by atoms with Gasteiger partial charge in [0.15, 0.2) is 5.75 Å². The third-order valence-electron chi connectivity index (χ3n) is 6.12. The summed E-state index contributed by atoms with van der Waals surface area (Å²) in [5, 5.41) is 11.5. The van der Waals surface area contributed by atoms with Crippen molar-refractivity contribution in [2.75, 3.05) is 7.11 Å². The van der Waals surface area contributed by atoms with Crippen molar-refractivity contribution in [3.05, 3.63) is 101 Å². The Hall–Kier alpha value is -4.80. The van der Waals surface area contributed by atoms with E-state index in [0.717, 1.165) is 35.5 Å². The molecule has 0 radical (unpaired) electrons. The number of methoxy groups -OCH3 is 1. The molecule has 11 heteroatoms. The Bertz CT molecular complexity index is 1560. The quantitative estimate of drug-likeness (QED) is 0.279. The summed E-state index contributed by atoms with van der Waals surface area (Å²) in [5.74, 6) is 1.79. The van der Waals surface area contributed by atoms with E-state index in [4.69, 9.17) is 9.72 Å². The lowest BCUT2D eigenvalue weighted by atomic mass is 10.1. The fourth-order valence-corrected chi connectivity index (χ4v) is 4.14. The minimum absolute atomic E-state index is 0.0711. The summed E-state index contributed by atoms with van der Waals surface area (Å²) in [6.07, 6.45) is 8.95. The van der Waals surface area contributed by atoms with Crippen molar-refractivity contribution < 1.29 is 4.74 Å². The van der Waals surface area contributed by atoms with Crippen molar-refractivity contribution in [3.8, 4) is 22.7 Å². The molecule has 0 aliphatic heterocycles. The van der Waals surface area contributed by atoms with Crippen LogP contribution in [0.3, 0.4) is 0 Å². The summed E-state index contributed by atoms with van der Waals surface area (Å²) in [7, 11) is 1.57. The summed E-state index contributed by atoms with van der Waals surface area (Å²) in [6.45, 7) is 2.67. The number of hydrogen-bond acceptors (Lipinski definition) is 9. The van der Waals surface area contributed by atoms with Crippen LogP contribution >= 0.6 is 0 Å². The minimum atomic E-state index is -0.0711. The number of benzene rings is 1. The van der Waals surface area contributed by atoms with Gasteiger partial charge in [-0.2, -0.15) is 4.68 Å². The normalized spacial score (nSPS) is 11.0. The first kappa shape index (κ1) is 24.9. The second-order valence-electron chi connectivity index (χ2n) is 8.69. The van der Waals surface area contributed by atoms with Gasteiger partial charge in [-0.25, -0.2) is 15.0 Å². The van der Waals surface area contributed by atoms with Crippen LogP contribution in [0.5, 0.6) is 5.75 Å². The summed E-state index contributed by atoms with van der Waals surface area (Å²) in [4.78, 5) is 31.7. The summed E-state index contributed by atoms with van der Waals surface area (Å²) in [6, 6.07) is 13.6. The largest absolute Gasteiger partial charge is 0.494 e. The van der Waals surface area contributed by atoms with Crippen LogP contribution in [-0.4, -0.2) is 51.8 Å². The number of ether oxygens (including phenoxy) is 1. The standard InChI is InChI=1S/C27H27N9O2/c1-3-4-12-35-26(14-25-28-16-21(38-2)17-29-25)30-15-19(27(35)37)13-20-8-7-10-23(32-20)22-9-5-6-11-24(22)36-18-31-33-34-36/h5-11,15-18H,3-4,12-14H2,1-2H3. The SMILES string of the molecule is CCCCn1c(Cc2ncc(OC)cn2)ncc(Cc2cccc(-c3ccccc3-n3cnnn3)n2)c1=O. The van der Waals surface area contributed by atoms with Gasteiger partial charge in [0, 0.05) is 36.0 Å². The second kappa shape index (κ2) is 11.5. The zero-order valence-electron chi connectivity index (χ0n) is 21.2. The fourth-order valence-electron chi connectivity index (χ4n) is 4.14.